The van der Waals surface area contributed by atoms with Crippen LogP contribution in [0.4, 0.5) is 0 Å². The Morgan fingerprint density at radius 3 is 2.20 bits per heavy atom. The Morgan fingerprint density at radius 2 is 1.72 bits per heavy atom. The zero-order valence-corrected chi connectivity index (χ0v) is 14.7. The molecule has 0 amide bonds. The van der Waals surface area contributed by atoms with Crippen LogP contribution in [0.25, 0.3) is 0 Å². The lowest BCUT2D eigenvalue weighted by molar-refractivity contribution is -0.110. The Kier molecular flexibility index (Phi) is 4.13. The molecule has 0 aromatic heterocycles. The number of hydrogen-bond acceptors (Lipinski definition) is 5. The number of aryl methyl sites for hydroxylation is 1. The fourth-order valence-corrected chi connectivity index (χ4v) is 5.49. The molecule has 0 aliphatic heterocycles. The number of hydrogen-bond donors (Lipinski definition) is 0. The number of benzene rings is 2. The molecule has 2 aromatic rings. The van der Waals surface area contributed by atoms with Gasteiger partial charge in [-0.3, -0.25) is 0 Å². The summed E-state index contributed by atoms with van der Waals surface area (Å²) in [7, 11) is -2.28. The van der Waals surface area contributed by atoms with Gasteiger partial charge in [-0.15, -0.1) is 0 Å². The van der Waals surface area contributed by atoms with Gasteiger partial charge in [0, 0.05) is 5.92 Å². The van der Waals surface area contributed by atoms with Crippen LogP contribution >= 0.6 is 0 Å². The number of sulfone groups is 1. The van der Waals surface area contributed by atoms with Gasteiger partial charge in [0.1, 0.15) is 22.7 Å². The van der Waals surface area contributed by atoms with Crippen molar-refractivity contribution in [2.75, 3.05) is 7.11 Å². The van der Waals surface area contributed by atoms with E-state index in [2.05, 4.69) is 0 Å². The SMILES string of the molecule is COc1ccc([C@H]2[C@H](S(=O)(=O)c3ccc(C)cc3)[C@]2(C#N)C=O)cc1. The largest absolute Gasteiger partial charge is 0.497 e. The molecular formula is C19H17NO4S. The van der Waals surface area contributed by atoms with E-state index >= 15 is 0 Å². The van der Waals surface area contributed by atoms with E-state index in [9.17, 15) is 18.5 Å². The summed E-state index contributed by atoms with van der Waals surface area (Å²) in [6.45, 7) is 1.86. The van der Waals surface area contributed by atoms with E-state index in [4.69, 9.17) is 4.74 Å². The average Bonchev–Trinajstić information content (AvgIpc) is 3.33. The Hall–Kier alpha value is -2.65. The van der Waals surface area contributed by atoms with Crippen molar-refractivity contribution in [3.63, 3.8) is 0 Å². The zero-order chi connectivity index (χ0) is 18.2. The van der Waals surface area contributed by atoms with Crippen LogP contribution in [0, 0.1) is 23.7 Å². The van der Waals surface area contributed by atoms with Gasteiger partial charge in [-0.1, -0.05) is 29.8 Å². The second-order valence-corrected chi connectivity index (χ2v) is 8.26. The van der Waals surface area contributed by atoms with E-state index in [1.54, 1.807) is 36.4 Å². The standard InChI is InChI=1S/C19H17NO4S/c1-13-3-9-16(10-4-13)25(22,23)18-17(19(18,11-20)12-21)14-5-7-15(24-2)8-6-14/h3-10,12,17-18H,1-2H3/t17-,18-,19+/m0/s1. The summed E-state index contributed by atoms with van der Waals surface area (Å²) in [4.78, 5) is 11.8. The Labute approximate surface area is 146 Å². The van der Waals surface area contributed by atoms with E-state index < -0.39 is 26.4 Å². The Bertz CT molecular complexity index is 942. The van der Waals surface area contributed by atoms with E-state index in [1.807, 2.05) is 13.0 Å². The fraction of sp³-hybridized carbons (Fsp3) is 0.263. The lowest BCUT2D eigenvalue weighted by Gasteiger charge is -2.05. The first kappa shape index (κ1) is 17.2. The fourth-order valence-electron chi connectivity index (χ4n) is 3.25. The number of ether oxygens (including phenoxy) is 1. The van der Waals surface area contributed by atoms with Gasteiger partial charge in [-0.05, 0) is 36.8 Å². The molecule has 1 aliphatic rings. The molecule has 3 atom stereocenters. The van der Waals surface area contributed by atoms with Gasteiger partial charge in [0.15, 0.2) is 9.84 Å². The second kappa shape index (κ2) is 6.01. The molecule has 0 N–H and O–H groups in total. The normalized spacial score (nSPS) is 25.0. The average molecular weight is 355 g/mol. The molecule has 1 fully saturated rings. The molecule has 6 heteroatoms. The van der Waals surface area contributed by atoms with Crippen molar-refractivity contribution >= 4 is 16.1 Å². The first-order chi connectivity index (χ1) is 11.9. The molecule has 0 unspecified atom stereocenters. The molecule has 0 heterocycles. The maximum absolute atomic E-state index is 13.0. The predicted molar refractivity (Wildman–Crippen MR) is 92.0 cm³/mol. The molecule has 3 rings (SSSR count). The van der Waals surface area contributed by atoms with Crippen molar-refractivity contribution in [2.24, 2.45) is 5.41 Å². The zero-order valence-electron chi connectivity index (χ0n) is 13.8. The van der Waals surface area contributed by atoms with Gasteiger partial charge in [0.2, 0.25) is 0 Å². The highest BCUT2D eigenvalue weighted by Gasteiger charge is 2.72. The number of aldehydes is 1. The molecule has 5 nitrogen and oxygen atoms in total. The molecular weight excluding hydrogens is 338 g/mol. The van der Waals surface area contributed by atoms with Crippen LogP contribution in [0.2, 0.25) is 0 Å². The molecule has 0 spiro atoms. The van der Waals surface area contributed by atoms with Crippen LogP contribution in [0.15, 0.2) is 53.4 Å². The summed E-state index contributed by atoms with van der Waals surface area (Å²) in [5.41, 5.74) is 0.0108. The van der Waals surface area contributed by atoms with Crippen molar-refractivity contribution in [2.45, 2.75) is 23.0 Å². The first-order valence-corrected chi connectivity index (χ1v) is 9.27. The van der Waals surface area contributed by atoms with Crippen LogP contribution in [-0.2, 0) is 14.6 Å². The van der Waals surface area contributed by atoms with Crippen LogP contribution in [0.1, 0.15) is 17.0 Å². The maximum Gasteiger partial charge on any atom is 0.183 e. The van der Waals surface area contributed by atoms with Crippen LogP contribution in [0.5, 0.6) is 5.75 Å². The second-order valence-electron chi connectivity index (χ2n) is 6.19. The number of nitrogens with zero attached hydrogens (tertiary/aromatic N) is 1. The maximum atomic E-state index is 13.0. The summed E-state index contributed by atoms with van der Waals surface area (Å²) >= 11 is 0. The first-order valence-electron chi connectivity index (χ1n) is 7.73. The minimum absolute atomic E-state index is 0.126. The number of methoxy groups -OCH3 is 1. The highest BCUT2D eigenvalue weighted by Crippen LogP contribution is 2.62. The smallest absolute Gasteiger partial charge is 0.183 e. The molecule has 2 aromatic carbocycles. The van der Waals surface area contributed by atoms with E-state index in [-0.39, 0.29) is 4.90 Å². The summed E-state index contributed by atoms with van der Waals surface area (Å²) in [6, 6.07) is 15.1. The topological polar surface area (TPSA) is 84.2 Å². The van der Waals surface area contributed by atoms with Gasteiger partial charge in [-0.2, -0.15) is 5.26 Å². The lowest BCUT2D eigenvalue weighted by Crippen LogP contribution is -2.16. The van der Waals surface area contributed by atoms with Crippen molar-refractivity contribution < 1.29 is 17.9 Å². The minimum atomic E-state index is -3.81. The number of carbonyl (C=O) groups is 1. The Balaban J connectivity index is 2.05. The molecule has 1 saturated carbocycles. The summed E-state index contributed by atoms with van der Waals surface area (Å²) in [5, 5.41) is 8.46. The minimum Gasteiger partial charge on any atom is -0.497 e. The van der Waals surface area contributed by atoms with Crippen LogP contribution in [-0.4, -0.2) is 27.1 Å². The van der Waals surface area contributed by atoms with Crippen molar-refractivity contribution in [3.05, 3.63) is 59.7 Å². The van der Waals surface area contributed by atoms with Crippen molar-refractivity contribution in [1.82, 2.24) is 0 Å². The molecule has 0 bridgehead atoms. The quantitative estimate of drug-likeness (QED) is 0.770. The van der Waals surface area contributed by atoms with Crippen LogP contribution in [0.3, 0.4) is 0 Å². The lowest BCUT2D eigenvalue weighted by atomic mass is 10.0. The molecule has 128 valence electrons. The van der Waals surface area contributed by atoms with Crippen molar-refractivity contribution in [1.29, 1.82) is 5.26 Å². The number of rotatable bonds is 5. The van der Waals surface area contributed by atoms with Gasteiger partial charge in [0.05, 0.1) is 18.1 Å². The summed E-state index contributed by atoms with van der Waals surface area (Å²) in [6.07, 6.45) is 0.471. The molecule has 0 saturated heterocycles. The van der Waals surface area contributed by atoms with E-state index in [0.717, 1.165) is 5.56 Å². The van der Waals surface area contributed by atoms with Crippen LogP contribution < -0.4 is 4.74 Å². The third-order valence-corrected chi connectivity index (χ3v) is 6.99. The van der Waals surface area contributed by atoms with Gasteiger partial charge >= 0.3 is 0 Å². The summed E-state index contributed by atoms with van der Waals surface area (Å²) < 4.78 is 31.1. The van der Waals surface area contributed by atoms with Gasteiger partial charge in [-0.25, -0.2) is 8.42 Å². The van der Waals surface area contributed by atoms with Crippen molar-refractivity contribution in [3.8, 4) is 11.8 Å². The predicted octanol–water partition coefficient (Wildman–Crippen LogP) is 2.65. The molecule has 25 heavy (non-hydrogen) atoms. The molecule has 1 aliphatic carbocycles. The number of carbonyl (C=O) groups excluding carboxylic acids is 1. The Morgan fingerprint density at radius 1 is 1.12 bits per heavy atom. The van der Waals surface area contributed by atoms with E-state index in [0.29, 0.717) is 17.6 Å². The highest BCUT2D eigenvalue weighted by atomic mass is 32.2. The third-order valence-electron chi connectivity index (χ3n) is 4.73. The summed E-state index contributed by atoms with van der Waals surface area (Å²) in [5.74, 6) is -0.0665. The monoisotopic (exact) mass is 355 g/mol. The number of nitriles is 1. The van der Waals surface area contributed by atoms with Gasteiger partial charge in [0.25, 0.3) is 0 Å². The highest BCUT2D eigenvalue weighted by molar-refractivity contribution is 7.92. The van der Waals surface area contributed by atoms with E-state index in [1.165, 1.54) is 19.2 Å². The van der Waals surface area contributed by atoms with Gasteiger partial charge < -0.3 is 9.53 Å². The molecule has 0 radical (unpaired) electrons. The third kappa shape index (κ3) is 2.61.